The summed E-state index contributed by atoms with van der Waals surface area (Å²) in [4.78, 5) is 5.36. The van der Waals surface area contributed by atoms with Crippen LogP contribution in [0.5, 0.6) is 0 Å². The molecule has 1 heterocycles. The molecule has 84 valence electrons. The molecular weight excluding hydrogens is 225 g/mol. The zero-order valence-corrected chi connectivity index (χ0v) is 9.72. The van der Waals surface area contributed by atoms with Crippen molar-refractivity contribution in [1.82, 2.24) is 4.98 Å². The molecule has 0 saturated carbocycles. The van der Waals surface area contributed by atoms with Crippen molar-refractivity contribution in [3.05, 3.63) is 51.2 Å². The van der Waals surface area contributed by atoms with E-state index in [4.69, 9.17) is 5.11 Å². The molecule has 0 bridgehead atoms. The number of thiazole rings is 1. The van der Waals surface area contributed by atoms with Gasteiger partial charge in [-0.25, -0.2) is 9.37 Å². The van der Waals surface area contributed by atoms with Crippen molar-refractivity contribution < 1.29 is 9.50 Å². The molecule has 0 spiro atoms. The Labute approximate surface area is 97.4 Å². The van der Waals surface area contributed by atoms with E-state index in [0.717, 1.165) is 21.1 Å². The third-order valence-electron chi connectivity index (χ3n) is 2.36. The van der Waals surface area contributed by atoms with Gasteiger partial charge < -0.3 is 5.11 Å². The van der Waals surface area contributed by atoms with Gasteiger partial charge in [0.2, 0.25) is 0 Å². The molecule has 2 aromatic rings. The molecule has 2 nitrogen and oxygen atoms in total. The van der Waals surface area contributed by atoms with Crippen molar-refractivity contribution in [2.45, 2.75) is 20.0 Å². The number of aliphatic hydroxyl groups excluding tert-OH is 1. The second kappa shape index (κ2) is 4.72. The van der Waals surface area contributed by atoms with Crippen LogP contribution in [0.2, 0.25) is 0 Å². The lowest BCUT2D eigenvalue weighted by molar-refractivity contribution is 0.276. The standard InChI is InChI=1S/C12H12FNOS/c1-8-11(7-15)14-12(16-8)6-9-2-4-10(13)5-3-9/h2-5,15H,6-7H2,1H3. The summed E-state index contributed by atoms with van der Waals surface area (Å²) in [5.41, 5.74) is 1.77. The first kappa shape index (κ1) is 11.2. The van der Waals surface area contributed by atoms with Crippen molar-refractivity contribution in [2.75, 3.05) is 0 Å². The Balaban J connectivity index is 2.17. The van der Waals surface area contributed by atoms with E-state index in [2.05, 4.69) is 4.98 Å². The smallest absolute Gasteiger partial charge is 0.123 e. The highest BCUT2D eigenvalue weighted by atomic mass is 32.1. The molecule has 1 aromatic carbocycles. The summed E-state index contributed by atoms with van der Waals surface area (Å²) < 4.78 is 12.7. The van der Waals surface area contributed by atoms with Crippen LogP contribution in [0.25, 0.3) is 0 Å². The minimum Gasteiger partial charge on any atom is -0.390 e. The second-order valence-corrected chi connectivity index (χ2v) is 4.86. The third-order valence-corrected chi connectivity index (χ3v) is 3.37. The Hall–Kier alpha value is -1.26. The first-order valence-electron chi connectivity index (χ1n) is 4.99. The van der Waals surface area contributed by atoms with Crippen LogP contribution in [0, 0.1) is 12.7 Å². The van der Waals surface area contributed by atoms with E-state index in [0.29, 0.717) is 6.42 Å². The third kappa shape index (κ3) is 2.46. The van der Waals surface area contributed by atoms with E-state index in [1.54, 1.807) is 23.5 Å². The second-order valence-electron chi connectivity index (χ2n) is 3.57. The molecule has 0 aliphatic carbocycles. The Morgan fingerprint density at radius 1 is 1.31 bits per heavy atom. The molecule has 0 radical (unpaired) electrons. The summed E-state index contributed by atoms with van der Waals surface area (Å²) in [5, 5.41) is 9.98. The summed E-state index contributed by atoms with van der Waals surface area (Å²) in [7, 11) is 0. The lowest BCUT2D eigenvalue weighted by Crippen LogP contribution is -1.90. The van der Waals surface area contributed by atoms with E-state index >= 15 is 0 Å². The van der Waals surface area contributed by atoms with Gasteiger partial charge in [0.25, 0.3) is 0 Å². The zero-order chi connectivity index (χ0) is 11.5. The molecule has 0 fully saturated rings. The Bertz CT molecular complexity index is 478. The molecular formula is C12H12FNOS. The first-order chi connectivity index (χ1) is 7.69. The summed E-state index contributed by atoms with van der Waals surface area (Å²) in [6.07, 6.45) is 0.686. The monoisotopic (exact) mass is 237 g/mol. The molecule has 1 N–H and O–H groups in total. The van der Waals surface area contributed by atoms with E-state index in [-0.39, 0.29) is 12.4 Å². The van der Waals surface area contributed by atoms with Gasteiger partial charge in [-0.15, -0.1) is 11.3 Å². The fraction of sp³-hybridized carbons (Fsp3) is 0.250. The topological polar surface area (TPSA) is 33.1 Å². The van der Waals surface area contributed by atoms with Crippen molar-refractivity contribution in [3.8, 4) is 0 Å². The molecule has 1 aromatic heterocycles. The number of benzene rings is 1. The number of rotatable bonds is 3. The van der Waals surface area contributed by atoms with E-state index in [1.165, 1.54) is 12.1 Å². The zero-order valence-electron chi connectivity index (χ0n) is 8.90. The Morgan fingerprint density at radius 2 is 2.00 bits per heavy atom. The highest BCUT2D eigenvalue weighted by Gasteiger charge is 2.07. The minimum absolute atomic E-state index is 0.0221. The van der Waals surface area contributed by atoms with Gasteiger partial charge >= 0.3 is 0 Å². The van der Waals surface area contributed by atoms with Gasteiger partial charge in [-0.05, 0) is 24.6 Å². The predicted octanol–water partition coefficient (Wildman–Crippen LogP) is 2.67. The molecule has 4 heteroatoms. The first-order valence-corrected chi connectivity index (χ1v) is 5.81. The quantitative estimate of drug-likeness (QED) is 0.890. The van der Waals surface area contributed by atoms with Gasteiger partial charge in [0.15, 0.2) is 0 Å². The summed E-state index contributed by atoms with van der Waals surface area (Å²) in [6.45, 7) is 1.92. The van der Waals surface area contributed by atoms with Crippen LogP contribution in [-0.2, 0) is 13.0 Å². The number of halogens is 1. The van der Waals surface area contributed by atoms with Crippen LogP contribution in [0.1, 0.15) is 21.1 Å². The lowest BCUT2D eigenvalue weighted by atomic mass is 10.1. The maximum absolute atomic E-state index is 12.7. The number of nitrogens with zero attached hydrogens (tertiary/aromatic N) is 1. The maximum Gasteiger partial charge on any atom is 0.123 e. The highest BCUT2D eigenvalue weighted by Crippen LogP contribution is 2.20. The Kier molecular flexibility index (Phi) is 3.31. The van der Waals surface area contributed by atoms with Crippen molar-refractivity contribution in [3.63, 3.8) is 0 Å². The fourth-order valence-corrected chi connectivity index (χ4v) is 2.46. The van der Waals surface area contributed by atoms with Crippen LogP contribution in [0.15, 0.2) is 24.3 Å². The van der Waals surface area contributed by atoms with E-state index in [9.17, 15) is 4.39 Å². The van der Waals surface area contributed by atoms with Crippen molar-refractivity contribution in [1.29, 1.82) is 0 Å². The van der Waals surface area contributed by atoms with Crippen LogP contribution in [-0.4, -0.2) is 10.1 Å². The molecule has 0 atom stereocenters. The normalized spacial score (nSPS) is 10.7. The summed E-state index contributed by atoms with van der Waals surface area (Å²) in [5.74, 6) is -0.227. The van der Waals surface area contributed by atoms with Crippen LogP contribution in [0.4, 0.5) is 4.39 Å². The van der Waals surface area contributed by atoms with Crippen molar-refractivity contribution in [2.24, 2.45) is 0 Å². The fourth-order valence-electron chi connectivity index (χ4n) is 1.49. The van der Waals surface area contributed by atoms with Gasteiger partial charge in [-0.2, -0.15) is 0 Å². The molecule has 0 saturated heterocycles. The van der Waals surface area contributed by atoms with Crippen LogP contribution < -0.4 is 0 Å². The number of hydrogen-bond acceptors (Lipinski definition) is 3. The van der Waals surface area contributed by atoms with Crippen molar-refractivity contribution >= 4 is 11.3 Å². The van der Waals surface area contributed by atoms with Gasteiger partial charge in [-0.3, -0.25) is 0 Å². The average molecular weight is 237 g/mol. The van der Waals surface area contributed by atoms with Crippen LogP contribution >= 0.6 is 11.3 Å². The maximum atomic E-state index is 12.7. The van der Waals surface area contributed by atoms with Gasteiger partial charge in [0.05, 0.1) is 17.3 Å². The van der Waals surface area contributed by atoms with Gasteiger partial charge in [0.1, 0.15) is 5.82 Å². The molecule has 0 unspecified atom stereocenters. The highest BCUT2D eigenvalue weighted by molar-refractivity contribution is 7.11. The Morgan fingerprint density at radius 3 is 2.56 bits per heavy atom. The number of aliphatic hydroxyl groups is 1. The molecule has 0 aliphatic heterocycles. The largest absolute Gasteiger partial charge is 0.390 e. The van der Waals surface area contributed by atoms with E-state index in [1.807, 2.05) is 6.92 Å². The molecule has 2 rings (SSSR count). The molecule has 0 aliphatic rings. The van der Waals surface area contributed by atoms with Gasteiger partial charge in [0, 0.05) is 11.3 Å². The molecule has 0 amide bonds. The summed E-state index contributed by atoms with van der Waals surface area (Å²) >= 11 is 1.57. The number of aromatic nitrogens is 1. The lowest BCUT2D eigenvalue weighted by Gasteiger charge is -1.97. The average Bonchev–Trinajstić information content (AvgIpc) is 2.62. The summed E-state index contributed by atoms with van der Waals surface area (Å²) in [6, 6.07) is 6.40. The SMILES string of the molecule is Cc1sc(Cc2ccc(F)cc2)nc1CO. The number of hydrogen-bond donors (Lipinski definition) is 1. The van der Waals surface area contributed by atoms with Gasteiger partial charge in [-0.1, -0.05) is 12.1 Å². The van der Waals surface area contributed by atoms with E-state index < -0.39 is 0 Å². The minimum atomic E-state index is -0.227. The predicted molar refractivity (Wildman–Crippen MR) is 62.0 cm³/mol. The number of aryl methyl sites for hydroxylation is 1. The molecule has 16 heavy (non-hydrogen) atoms. The van der Waals surface area contributed by atoms with Crippen LogP contribution in [0.3, 0.4) is 0 Å².